The van der Waals surface area contributed by atoms with Gasteiger partial charge in [-0.05, 0) is 31.0 Å². The first-order valence-electron chi connectivity index (χ1n) is 7.02. The van der Waals surface area contributed by atoms with Crippen LogP contribution < -0.4 is 4.74 Å². The van der Waals surface area contributed by atoms with Gasteiger partial charge in [0.05, 0.1) is 25.8 Å². The van der Waals surface area contributed by atoms with Crippen LogP contribution >= 0.6 is 0 Å². The molecular formula is C16H18N2O3. The lowest BCUT2D eigenvalue weighted by atomic mass is 10.0. The van der Waals surface area contributed by atoms with E-state index in [1.807, 2.05) is 36.1 Å². The van der Waals surface area contributed by atoms with Gasteiger partial charge in [0.15, 0.2) is 5.76 Å². The number of rotatable bonds is 3. The summed E-state index contributed by atoms with van der Waals surface area (Å²) in [6.45, 7) is 3.19. The van der Waals surface area contributed by atoms with E-state index in [4.69, 9.17) is 9.26 Å². The van der Waals surface area contributed by atoms with E-state index in [0.717, 1.165) is 41.3 Å². The summed E-state index contributed by atoms with van der Waals surface area (Å²) in [5.74, 6) is 1.73. The van der Waals surface area contributed by atoms with E-state index in [0.29, 0.717) is 13.0 Å². The molecular weight excluding hydrogens is 268 g/mol. The average Bonchev–Trinajstić information content (AvgIpc) is 2.89. The van der Waals surface area contributed by atoms with Crippen molar-refractivity contribution < 1.29 is 14.1 Å². The number of hydrogen-bond donors (Lipinski definition) is 0. The smallest absolute Gasteiger partial charge is 0.227 e. The van der Waals surface area contributed by atoms with Gasteiger partial charge in [0.2, 0.25) is 5.91 Å². The first-order chi connectivity index (χ1) is 10.2. The van der Waals surface area contributed by atoms with Crippen molar-refractivity contribution in [2.75, 3.05) is 13.7 Å². The third-order valence-corrected chi connectivity index (χ3v) is 3.90. The maximum atomic E-state index is 12.4. The van der Waals surface area contributed by atoms with Gasteiger partial charge in [0.25, 0.3) is 0 Å². The molecule has 1 aromatic heterocycles. The van der Waals surface area contributed by atoms with E-state index in [1.165, 1.54) is 0 Å². The summed E-state index contributed by atoms with van der Waals surface area (Å²) in [5, 5.41) is 3.97. The lowest BCUT2D eigenvalue weighted by Gasteiger charge is -2.25. The summed E-state index contributed by atoms with van der Waals surface area (Å²) in [5.41, 5.74) is 3.08. The highest BCUT2D eigenvalue weighted by molar-refractivity contribution is 5.79. The normalized spacial score (nSPS) is 13.9. The minimum absolute atomic E-state index is 0.111. The molecule has 0 saturated carbocycles. The molecule has 21 heavy (non-hydrogen) atoms. The number of aromatic nitrogens is 1. The monoisotopic (exact) mass is 286 g/mol. The average molecular weight is 286 g/mol. The molecule has 110 valence electrons. The standard InChI is InChI=1S/C16H18N2O3/c1-11-14-7-8-18(10-15(14)21-17-11)16(19)9-12-3-5-13(20-2)6-4-12/h3-6H,7-10H2,1-2H3. The van der Waals surface area contributed by atoms with Crippen LogP contribution in [0.1, 0.15) is 22.6 Å². The number of benzene rings is 1. The first kappa shape index (κ1) is 13.7. The van der Waals surface area contributed by atoms with Gasteiger partial charge >= 0.3 is 0 Å². The Kier molecular flexibility index (Phi) is 3.64. The molecule has 0 radical (unpaired) electrons. The molecule has 2 aromatic rings. The molecule has 0 spiro atoms. The minimum Gasteiger partial charge on any atom is -0.497 e. The van der Waals surface area contributed by atoms with Gasteiger partial charge in [-0.25, -0.2) is 0 Å². The number of methoxy groups -OCH3 is 1. The molecule has 0 N–H and O–H groups in total. The summed E-state index contributed by atoms with van der Waals surface area (Å²) in [6.07, 6.45) is 1.21. The number of carbonyl (C=O) groups excluding carboxylic acids is 1. The number of ether oxygens (including phenoxy) is 1. The molecule has 0 unspecified atom stereocenters. The van der Waals surface area contributed by atoms with Crippen LogP contribution in [0.15, 0.2) is 28.8 Å². The third-order valence-electron chi connectivity index (χ3n) is 3.90. The Morgan fingerprint density at radius 1 is 1.38 bits per heavy atom. The lowest BCUT2D eigenvalue weighted by molar-refractivity contribution is -0.131. The van der Waals surface area contributed by atoms with Crippen LogP contribution in [0.2, 0.25) is 0 Å². The van der Waals surface area contributed by atoms with Crippen molar-refractivity contribution in [3.05, 3.63) is 46.8 Å². The Labute approximate surface area is 123 Å². The molecule has 0 bridgehead atoms. The maximum Gasteiger partial charge on any atom is 0.227 e. The Morgan fingerprint density at radius 3 is 2.86 bits per heavy atom. The van der Waals surface area contributed by atoms with Gasteiger partial charge in [0, 0.05) is 12.1 Å². The molecule has 1 aliphatic heterocycles. The van der Waals surface area contributed by atoms with E-state index in [1.54, 1.807) is 7.11 Å². The predicted molar refractivity (Wildman–Crippen MR) is 77.1 cm³/mol. The van der Waals surface area contributed by atoms with Crippen LogP contribution in [0.3, 0.4) is 0 Å². The number of hydrogen-bond acceptors (Lipinski definition) is 4. The van der Waals surface area contributed by atoms with E-state index in [9.17, 15) is 4.79 Å². The molecule has 0 aliphatic carbocycles. The van der Waals surface area contributed by atoms with Crippen LogP contribution in [0.25, 0.3) is 0 Å². The second kappa shape index (κ2) is 5.60. The topological polar surface area (TPSA) is 55.6 Å². The molecule has 1 amide bonds. The summed E-state index contributed by atoms with van der Waals surface area (Å²) < 4.78 is 10.4. The Balaban J connectivity index is 1.66. The number of amides is 1. The second-order valence-corrected chi connectivity index (χ2v) is 5.26. The number of fused-ring (bicyclic) bond motifs is 1. The quantitative estimate of drug-likeness (QED) is 0.867. The van der Waals surface area contributed by atoms with Crippen LogP contribution in [0.5, 0.6) is 5.75 Å². The van der Waals surface area contributed by atoms with Crippen molar-refractivity contribution in [2.24, 2.45) is 0 Å². The Bertz CT molecular complexity index is 646. The largest absolute Gasteiger partial charge is 0.497 e. The zero-order valence-corrected chi connectivity index (χ0v) is 12.3. The fourth-order valence-corrected chi connectivity index (χ4v) is 2.62. The van der Waals surface area contributed by atoms with Crippen molar-refractivity contribution in [2.45, 2.75) is 26.3 Å². The molecule has 5 heteroatoms. The summed E-state index contributed by atoms with van der Waals surface area (Å²) in [4.78, 5) is 14.2. The van der Waals surface area contributed by atoms with Crippen LogP contribution in [0.4, 0.5) is 0 Å². The van der Waals surface area contributed by atoms with E-state index < -0.39 is 0 Å². The molecule has 1 aliphatic rings. The highest BCUT2D eigenvalue weighted by atomic mass is 16.5. The van der Waals surface area contributed by atoms with Gasteiger partial charge in [-0.3, -0.25) is 4.79 Å². The molecule has 0 fully saturated rings. The highest BCUT2D eigenvalue weighted by Gasteiger charge is 2.25. The summed E-state index contributed by atoms with van der Waals surface area (Å²) in [6, 6.07) is 7.59. The molecule has 0 atom stereocenters. The van der Waals surface area contributed by atoms with E-state index in [2.05, 4.69) is 5.16 Å². The van der Waals surface area contributed by atoms with Gasteiger partial charge in [-0.2, -0.15) is 0 Å². The molecule has 3 rings (SSSR count). The van der Waals surface area contributed by atoms with Crippen molar-refractivity contribution in [1.82, 2.24) is 10.1 Å². The van der Waals surface area contributed by atoms with Crippen LogP contribution in [-0.4, -0.2) is 29.6 Å². The molecule has 2 heterocycles. The number of nitrogens with zero attached hydrogens (tertiary/aromatic N) is 2. The van der Waals surface area contributed by atoms with E-state index >= 15 is 0 Å². The first-order valence-corrected chi connectivity index (χ1v) is 7.02. The van der Waals surface area contributed by atoms with Gasteiger partial charge in [-0.1, -0.05) is 17.3 Å². The van der Waals surface area contributed by atoms with Crippen molar-refractivity contribution in [3.8, 4) is 5.75 Å². The molecule has 1 aromatic carbocycles. The van der Waals surface area contributed by atoms with Crippen molar-refractivity contribution in [1.29, 1.82) is 0 Å². The van der Waals surface area contributed by atoms with Crippen LogP contribution in [-0.2, 0) is 24.2 Å². The number of aryl methyl sites for hydroxylation is 1. The third kappa shape index (κ3) is 2.77. The highest BCUT2D eigenvalue weighted by Crippen LogP contribution is 2.22. The minimum atomic E-state index is 0.111. The lowest BCUT2D eigenvalue weighted by Crippen LogP contribution is -2.36. The van der Waals surface area contributed by atoms with Crippen LogP contribution in [0, 0.1) is 6.92 Å². The molecule has 5 nitrogen and oxygen atoms in total. The zero-order chi connectivity index (χ0) is 14.8. The fourth-order valence-electron chi connectivity index (χ4n) is 2.62. The SMILES string of the molecule is COc1ccc(CC(=O)N2CCc3c(C)noc3C2)cc1. The zero-order valence-electron chi connectivity index (χ0n) is 12.3. The van der Waals surface area contributed by atoms with Gasteiger partial charge in [-0.15, -0.1) is 0 Å². The fraction of sp³-hybridized carbons (Fsp3) is 0.375. The van der Waals surface area contributed by atoms with Crippen molar-refractivity contribution in [3.63, 3.8) is 0 Å². The maximum absolute atomic E-state index is 12.4. The molecule has 0 saturated heterocycles. The number of carbonyl (C=O) groups is 1. The Morgan fingerprint density at radius 2 is 2.14 bits per heavy atom. The Hall–Kier alpha value is -2.30. The van der Waals surface area contributed by atoms with Crippen molar-refractivity contribution >= 4 is 5.91 Å². The van der Waals surface area contributed by atoms with E-state index in [-0.39, 0.29) is 5.91 Å². The second-order valence-electron chi connectivity index (χ2n) is 5.26. The van der Waals surface area contributed by atoms with Gasteiger partial charge in [0.1, 0.15) is 5.75 Å². The summed E-state index contributed by atoms with van der Waals surface area (Å²) in [7, 11) is 1.63. The van der Waals surface area contributed by atoms with Gasteiger partial charge < -0.3 is 14.2 Å². The predicted octanol–water partition coefficient (Wildman–Crippen LogP) is 2.12. The summed E-state index contributed by atoms with van der Waals surface area (Å²) >= 11 is 0.